The third kappa shape index (κ3) is 3.94. The minimum absolute atomic E-state index is 0.0467. The van der Waals surface area contributed by atoms with Gasteiger partial charge >= 0.3 is 0 Å². The number of fused-ring (bicyclic) bond motifs is 1. The molecule has 2 N–H and O–H groups in total. The molecule has 3 rings (SSSR count). The van der Waals surface area contributed by atoms with E-state index < -0.39 is 0 Å². The van der Waals surface area contributed by atoms with Crippen molar-refractivity contribution in [3.63, 3.8) is 0 Å². The molecule has 0 aliphatic heterocycles. The van der Waals surface area contributed by atoms with Crippen LogP contribution in [0.2, 0.25) is 0 Å². The van der Waals surface area contributed by atoms with Crippen molar-refractivity contribution in [2.45, 2.75) is 33.5 Å². The van der Waals surface area contributed by atoms with Gasteiger partial charge in [-0.25, -0.2) is 4.68 Å². The molecule has 1 unspecified atom stereocenters. The van der Waals surface area contributed by atoms with Crippen molar-refractivity contribution in [1.82, 2.24) is 20.4 Å². The van der Waals surface area contributed by atoms with E-state index in [1.54, 1.807) is 42.6 Å². The molecule has 0 aliphatic rings. The van der Waals surface area contributed by atoms with Gasteiger partial charge < -0.3 is 5.32 Å². The molecule has 27 heavy (non-hydrogen) atoms. The van der Waals surface area contributed by atoms with Gasteiger partial charge in [0.15, 0.2) is 5.69 Å². The maximum absolute atomic E-state index is 12.9. The van der Waals surface area contributed by atoms with E-state index in [4.69, 9.17) is 0 Å². The molecule has 3 aromatic rings. The molecule has 2 heterocycles. The Morgan fingerprint density at radius 1 is 1.19 bits per heavy atom. The van der Waals surface area contributed by atoms with Crippen molar-refractivity contribution in [2.24, 2.45) is 5.41 Å². The van der Waals surface area contributed by atoms with Crippen LogP contribution in [0.25, 0.3) is 10.8 Å². The van der Waals surface area contributed by atoms with Crippen LogP contribution in [0.5, 0.6) is 0 Å². The summed E-state index contributed by atoms with van der Waals surface area (Å²) in [6.07, 6.45) is 0. The molecule has 0 spiro atoms. The second-order valence-corrected chi connectivity index (χ2v) is 8.43. The Balaban J connectivity index is 2.00. The van der Waals surface area contributed by atoms with Gasteiger partial charge in [-0.2, -0.15) is 5.10 Å². The van der Waals surface area contributed by atoms with Crippen LogP contribution in [0.4, 0.5) is 0 Å². The predicted octanol–water partition coefficient (Wildman–Crippen LogP) is 3.15. The summed E-state index contributed by atoms with van der Waals surface area (Å²) in [6.45, 7) is 6.66. The van der Waals surface area contributed by atoms with Gasteiger partial charge in [-0.3, -0.25) is 14.9 Å². The number of rotatable bonds is 5. The van der Waals surface area contributed by atoms with Gasteiger partial charge in [0.05, 0.1) is 12.1 Å². The summed E-state index contributed by atoms with van der Waals surface area (Å²) in [4.78, 5) is 26.3. The summed E-state index contributed by atoms with van der Waals surface area (Å²) >= 11 is 1.68. The fourth-order valence-corrected chi connectivity index (χ4v) is 4.14. The van der Waals surface area contributed by atoms with E-state index in [2.05, 4.69) is 42.6 Å². The molecule has 0 bridgehead atoms. The Bertz CT molecular complexity index is 1000. The molecule has 0 saturated carbocycles. The Morgan fingerprint density at radius 2 is 1.89 bits per heavy atom. The number of benzene rings is 1. The van der Waals surface area contributed by atoms with Crippen LogP contribution in [-0.2, 0) is 6.67 Å². The molecule has 0 fully saturated rings. The van der Waals surface area contributed by atoms with E-state index in [0.717, 1.165) is 0 Å². The third-order valence-electron chi connectivity index (χ3n) is 4.45. The number of nitrogens with zero attached hydrogens (tertiary/aromatic N) is 2. The van der Waals surface area contributed by atoms with Gasteiger partial charge in [-0.15, -0.1) is 11.3 Å². The number of nitrogens with one attached hydrogen (secondary N) is 2. The first-order chi connectivity index (χ1) is 12.8. The zero-order valence-electron chi connectivity index (χ0n) is 15.9. The molecule has 1 aromatic carbocycles. The standard InChI is InChI=1S/C20H24N4O2S/c1-20(2,3)17(15-10-7-11-27-15)22-12-24-19(26)14-9-6-5-8-13(14)16(23-24)18(25)21-4/h5-11,17,22H,12H2,1-4H3,(H,21,25). The summed E-state index contributed by atoms with van der Waals surface area (Å²) in [7, 11) is 1.55. The van der Waals surface area contributed by atoms with Crippen molar-refractivity contribution >= 4 is 28.0 Å². The molecule has 142 valence electrons. The summed E-state index contributed by atoms with van der Waals surface area (Å²) in [5, 5.41) is 13.5. The van der Waals surface area contributed by atoms with Crippen molar-refractivity contribution < 1.29 is 4.79 Å². The Labute approximate surface area is 162 Å². The average molecular weight is 385 g/mol. The lowest BCUT2D eigenvalue weighted by Gasteiger charge is -2.31. The van der Waals surface area contributed by atoms with Crippen LogP contribution in [-0.4, -0.2) is 22.7 Å². The van der Waals surface area contributed by atoms with Crippen LogP contribution in [0.15, 0.2) is 46.6 Å². The van der Waals surface area contributed by atoms with E-state index in [1.165, 1.54) is 9.56 Å². The molecule has 0 radical (unpaired) electrons. The lowest BCUT2D eigenvalue weighted by Crippen LogP contribution is -2.38. The lowest BCUT2D eigenvalue weighted by molar-refractivity contribution is 0.0957. The van der Waals surface area contributed by atoms with E-state index in [-0.39, 0.29) is 35.3 Å². The van der Waals surface area contributed by atoms with Crippen LogP contribution in [0.1, 0.15) is 42.2 Å². The first-order valence-electron chi connectivity index (χ1n) is 8.81. The highest BCUT2D eigenvalue weighted by molar-refractivity contribution is 7.10. The minimum atomic E-state index is -0.314. The quantitative estimate of drug-likeness (QED) is 0.709. The zero-order chi connectivity index (χ0) is 19.6. The maximum atomic E-state index is 12.9. The highest BCUT2D eigenvalue weighted by Crippen LogP contribution is 2.35. The highest BCUT2D eigenvalue weighted by Gasteiger charge is 2.27. The summed E-state index contributed by atoms with van der Waals surface area (Å²) in [5.41, 5.74) is -0.0166. The SMILES string of the molecule is CNC(=O)c1nn(CNC(c2cccs2)C(C)(C)C)c(=O)c2ccccc12. The third-order valence-corrected chi connectivity index (χ3v) is 5.39. The van der Waals surface area contributed by atoms with Crippen LogP contribution in [0.3, 0.4) is 0 Å². The van der Waals surface area contributed by atoms with Crippen LogP contribution >= 0.6 is 11.3 Å². The van der Waals surface area contributed by atoms with Gasteiger partial charge in [0.25, 0.3) is 11.5 Å². The number of thiophene rings is 1. The minimum Gasteiger partial charge on any atom is -0.354 e. The fourth-order valence-electron chi connectivity index (χ4n) is 3.10. The van der Waals surface area contributed by atoms with Gasteiger partial charge in [-0.05, 0) is 22.9 Å². The molecule has 2 aromatic heterocycles. The van der Waals surface area contributed by atoms with Crippen LogP contribution < -0.4 is 16.2 Å². The number of aromatic nitrogens is 2. The first kappa shape index (κ1) is 19.3. The van der Waals surface area contributed by atoms with E-state index >= 15 is 0 Å². The van der Waals surface area contributed by atoms with Gasteiger partial charge in [-0.1, -0.05) is 45.0 Å². The number of amides is 1. The van der Waals surface area contributed by atoms with E-state index in [9.17, 15) is 9.59 Å². The molecule has 0 saturated heterocycles. The Morgan fingerprint density at radius 3 is 2.48 bits per heavy atom. The maximum Gasteiger partial charge on any atom is 0.275 e. The van der Waals surface area contributed by atoms with Crippen molar-refractivity contribution in [3.05, 3.63) is 62.7 Å². The van der Waals surface area contributed by atoms with Crippen LogP contribution in [0, 0.1) is 5.41 Å². The molecule has 1 amide bonds. The van der Waals surface area contributed by atoms with E-state index in [1.807, 2.05) is 11.4 Å². The predicted molar refractivity (Wildman–Crippen MR) is 109 cm³/mol. The highest BCUT2D eigenvalue weighted by atomic mass is 32.1. The number of hydrogen-bond acceptors (Lipinski definition) is 5. The zero-order valence-corrected chi connectivity index (χ0v) is 16.8. The second kappa shape index (κ2) is 7.62. The van der Waals surface area contributed by atoms with Crippen molar-refractivity contribution in [3.8, 4) is 0 Å². The van der Waals surface area contributed by atoms with Crippen molar-refractivity contribution in [1.29, 1.82) is 0 Å². The van der Waals surface area contributed by atoms with Gasteiger partial charge in [0, 0.05) is 23.4 Å². The molecular weight excluding hydrogens is 360 g/mol. The number of carbonyl (C=O) groups is 1. The second-order valence-electron chi connectivity index (χ2n) is 7.45. The number of hydrogen-bond donors (Lipinski definition) is 2. The smallest absolute Gasteiger partial charge is 0.275 e. The molecule has 1 atom stereocenters. The van der Waals surface area contributed by atoms with Gasteiger partial charge in [0.2, 0.25) is 0 Å². The van der Waals surface area contributed by atoms with Crippen molar-refractivity contribution in [2.75, 3.05) is 7.05 Å². The molecule has 7 heteroatoms. The molecule has 6 nitrogen and oxygen atoms in total. The number of carbonyl (C=O) groups excluding carboxylic acids is 1. The normalized spacial score (nSPS) is 12.9. The first-order valence-corrected chi connectivity index (χ1v) is 9.69. The fraction of sp³-hybridized carbons (Fsp3) is 0.350. The van der Waals surface area contributed by atoms with Gasteiger partial charge in [0.1, 0.15) is 0 Å². The summed E-state index contributed by atoms with van der Waals surface area (Å²) in [5.74, 6) is -0.314. The molecule has 0 aliphatic carbocycles. The monoisotopic (exact) mass is 384 g/mol. The Hall–Kier alpha value is -2.51. The summed E-state index contributed by atoms with van der Waals surface area (Å²) in [6, 6.07) is 11.2. The summed E-state index contributed by atoms with van der Waals surface area (Å²) < 4.78 is 1.33. The Kier molecular flexibility index (Phi) is 5.43. The molecular formula is C20H24N4O2S. The van der Waals surface area contributed by atoms with E-state index in [0.29, 0.717) is 10.8 Å². The average Bonchev–Trinajstić information content (AvgIpc) is 3.16. The lowest BCUT2D eigenvalue weighted by atomic mass is 9.86. The topological polar surface area (TPSA) is 76.0 Å². The largest absolute Gasteiger partial charge is 0.354 e.